The Hall–Kier alpha value is -2.24. The minimum Gasteiger partial charge on any atom is -0.495 e. The fraction of sp³-hybridized carbons (Fsp3) is 0.471. The number of benzene rings is 1. The molecule has 0 atom stereocenters. The van der Waals surface area contributed by atoms with Gasteiger partial charge in [0.1, 0.15) is 10.6 Å². The molecule has 3 rings (SSSR count). The number of sulfonamides is 1. The van der Waals surface area contributed by atoms with E-state index in [0.29, 0.717) is 16.6 Å². The van der Waals surface area contributed by atoms with Crippen LogP contribution in [0.1, 0.15) is 48.9 Å². The third-order valence-corrected chi connectivity index (χ3v) is 6.17. The van der Waals surface area contributed by atoms with Crippen molar-refractivity contribution in [3.05, 3.63) is 34.4 Å². The molecule has 1 aliphatic rings. The van der Waals surface area contributed by atoms with Crippen LogP contribution in [0.3, 0.4) is 0 Å². The van der Waals surface area contributed by atoms with Crippen LogP contribution in [0.15, 0.2) is 23.1 Å². The van der Waals surface area contributed by atoms with Crippen LogP contribution in [0.4, 0.5) is 0 Å². The molecule has 152 valence electrons. The molecule has 0 spiro atoms. The quantitative estimate of drug-likeness (QED) is 0.556. The van der Waals surface area contributed by atoms with E-state index in [9.17, 15) is 13.2 Å². The Kier molecular flexibility index (Phi) is 5.87. The Bertz CT molecular complexity index is 1040. The fourth-order valence-electron chi connectivity index (χ4n) is 2.83. The Morgan fingerprint density at radius 1 is 1.43 bits per heavy atom. The number of nitrogens with zero attached hydrogens (tertiary/aromatic N) is 2. The number of nitrogens with one attached hydrogen (secondary N) is 3. The molecule has 0 saturated heterocycles. The second-order valence-electron chi connectivity index (χ2n) is 6.87. The summed E-state index contributed by atoms with van der Waals surface area (Å²) in [7, 11) is -2.44. The number of hydrogen-bond acceptors (Lipinski definition) is 6. The molecule has 1 aromatic carbocycles. The van der Waals surface area contributed by atoms with E-state index in [4.69, 9.17) is 17.0 Å². The second kappa shape index (κ2) is 8.02. The topological polar surface area (TPSA) is 118 Å². The van der Waals surface area contributed by atoms with Crippen molar-refractivity contribution < 1.29 is 17.9 Å². The van der Waals surface area contributed by atoms with Crippen LogP contribution in [-0.4, -0.2) is 42.2 Å². The minimum atomic E-state index is -3.82. The molecular formula is C17H23N5O4S2. The van der Waals surface area contributed by atoms with Gasteiger partial charge in [0.25, 0.3) is 5.91 Å². The standard InChI is InChI=1S/C17H23N5O4S2/c1-10(2)21-28(24,25)14-8-11(4-7-13(14)26-3)16(23)18-9-15-19-20-17(27)22(15)12-5-6-12/h4,7-8,10,12,21H,5-6,9H2,1-3H3,(H,18,23)(H,20,27). The first-order chi connectivity index (χ1) is 13.2. The molecule has 1 saturated carbocycles. The lowest BCUT2D eigenvalue weighted by molar-refractivity contribution is 0.0949. The normalized spacial score (nSPS) is 14.3. The number of methoxy groups -OCH3 is 1. The first-order valence-electron chi connectivity index (χ1n) is 8.87. The van der Waals surface area contributed by atoms with Gasteiger partial charge in [0, 0.05) is 17.6 Å². The lowest BCUT2D eigenvalue weighted by Gasteiger charge is -2.14. The van der Waals surface area contributed by atoms with Crippen LogP contribution in [0.5, 0.6) is 5.75 Å². The lowest BCUT2D eigenvalue weighted by atomic mass is 10.2. The Morgan fingerprint density at radius 2 is 2.14 bits per heavy atom. The number of aromatic nitrogens is 3. The number of carbonyl (C=O) groups is 1. The second-order valence-corrected chi connectivity index (χ2v) is 8.94. The number of amides is 1. The molecule has 28 heavy (non-hydrogen) atoms. The van der Waals surface area contributed by atoms with E-state index in [2.05, 4.69) is 20.2 Å². The predicted octanol–water partition coefficient (Wildman–Crippen LogP) is 1.90. The van der Waals surface area contributed by atoms with Gasteiger partial charge in [0.15, 0.2) is 10.6 Å². The van der Waals surface area contributed by atoms with Gasteiger partial charge in [-0.1, -0.05) is 0 Å². The van der Waals surface area contributed by atoms with Crippen molar-refractivity contribution in [2.24, 2.45) is 0 Å². The Balaban J connectivity index is 1.80. The summed E-state index contributed by atoms with van der Waals surface area (Å²) in [6.45, 7) is 3.61. The van der Waals surface area contributed by atoms with E-state index in [1.807, 2.05) is 4.57 Å². The highest BCUT2D eigenvalue weighted by Gasteiger charge is 2.27. The third-order valence-electron chi connectivity index (χ3n) is 4.20. The summed E-state index contributed by atoms with van der Waals surface area (Å²) >= 11 is 5.23. The molecule has 1 heterocycles. The van der Waals surface area contributed by atoms with Crippen molar-refractivity contribution in [2.45, 2.75) is 50.2 Å². The molecule has 0 unspecified atom stereocenters. The number of H-pyrrole nitrogens is 1. The fourth-order valence-corrected chi connectivity index (χ4v) is 4.58. The van der Waals surface area contributed by atoms with Crippen LogP contribution < -0.4 is 14.8 Å². The summed E-state index contributed by atoms with van der Waals surface area (Å²) < 4.78 is 35.2. The van der Waals surface area contributed by atoms with Crippen LogP contribution in [0.25, 0.3) is 0 Å². The number of aromatic amines is 1. The molecule has 3 N–H and O–H groups in total. The highest BCUT2D eigenvalue weighted by molar-refractivity contribution is 7.89. The molecule has 1 amide bonds. The summed E-state index contributed by atoms with van der Waals surface area (Å²) in [4.78, 5) is 12.5. The first kappa shape index (κ1) is 20.5. The van der Waals surface area contributed by atoms with Gasteiger partial charge >= 0.3 is 0 Å². The number of ether oxygens (including phenoxy) is 1. The van der Waals surface area contributed by atoms with Crippen LogP contribution in [0.2, 0.25) is 0 Å². The van der Waals surface area contributed by atoms with Crippen LogP contribution in [0, 0.1) is 4.77 Å². The number of hydrogen-bond donors (Lipinski definition) is 3. The molecule has 1 fully saturated rings. The highest BCUT2D eigenvalue weighted by Crippen LogP contribution is 2.35. The van der Waals surface area contributed by atoms with Crippen molar-refractivity contribution in [1.29, 1.82) is 0 Å². The zero-order chi connectivity index (χ0) is 20.5. The molecular weight excluding hydrogens is 402 g/mol. The van der Waals surface area contributed by atoms with E-state index in [0.717, 1.165) is 12.8 Å². The molecule has 2 aromatic rings. The average Bonchev–Trinajstić information content (AvgIpc) is 3.40. The van der Waals surface area contributed by atoms with Gasteiger partial charge in [-0.2, -0.15) is 5.10 Å². The van der Waals surface area contributed by atoms with E-state index in [1.54, 1.807) is 13.8 Å². The molecule has 0 radical (unpaired) electrons. The molecule has 1 aliphatic carbocycles. The van der Waals surface area contributed by atoms with Gasteiger partial charge < -0.3 is 10.1 Å². The Labute approximate surface area is 168 Å². The van der Waals surface area contributed by atoms with Crippen molar-refractivity contribution >= 4 is 28.1 Å². The molecule has 0 bridgehead atoms. The summed E-state index contributed by atoms with van der Waals surface area (Å²) in [5.41, 5.74) is 0.206. The number of rotatable bonds is 8. The van der Waals surface area contributed by atoms with Crippen molar-refractivity contribution in [2.75, 3.05) is 7.11 Å². The van der Waals surface area contributed by atoms with E-state index in [1.165, 1.54) is 25.3 Å². The lowest BCUT2D eigenvalue weighted by Crippen LogP contribution is -2.31. The smallest absolute Gasteiger partial charge is 0.251 e. The molecule has 1 aromatic heterocycles. The zero-order valence-corrected chi connectivity index (χ0v) is 17.5. The average molecular weight is 426 g/mol. The van der Waals surface area contributed by atoms with Gasteiger partial charge in [0.05, 0.1) is 13.7 Å². The number of carbonyl (C=O) groups excluding carboxylic acids is 1. The maximum atomic E-state index is 12.6. The van der Waals surface area contributed by atoms with E-state index >= 15 is 0 Å². The summed E-state index contributed by atoms with van der Waals surface area (Å²) in [5.74, 6) is 0.392. The summed E-state index contributed by atoms with van der Waals surface area (Å²) in [6.07, 6.45) is 2.08. The molecule has 11 heteroatoms. The molecule has 9 nitrogen and oxygen atoms in total. The third kappa shape index (κ3) is 4.42. The maximum absolute atomic E-state index is 12.6. The predicted molar refractivity (Wildman–Crippen MR) is 105 cm³/mol. The van der Waals surface area contributed by atoms with Gasteiger partial charge in [0.2, 0.25) is 10.0 Å². The largest absolute Gasteiger partial charge is 0.495 e. The highest BCUT2D eigenvalue weighted by atomic mass is 32.2. The SMILES string of the molecule is COc1ccc(C(=O)NCc2n[nH]c(=S)n2C2CC2)cc1S(=O)(=O)NC(C)C. The summed E-state index contributed by atoms with van der Waals surface area (Å²) in [6, 6.07) is 4.32. The van der Waals surface area contributed by atoms with Gasteiger partial charge in [-0.05, 0) is 57.1 Å². The monoisotopic (exact) mass is 425 g/mol. The van der Waals surface area contributed by atoms with Gasteiger partial charge in [-0.15, -0.1) is 0 Å². The van der Waals surface area contributed by atoms with Gasteiger partial charge in [-0.3, -0.25) is 14.5 Å². The van der Waals surface area contributed by atoms with Crippen molar-refractivity contribution in [3.63, 3.8) is 0 Å². The zero-order valence-electron chi connectivity index (χ0n) is 15.9. The van der Waals surface area contributed by atoms with Crippen molar-refractivity contribution in [1.82, 2.24) is 24.8 Å². The maximum Gasteiger partial charge on any atom is 0.251 e. The van der Waals surface area contributed by atoms with E-state index < -0.39 is 15.9 Å². The van der Waals surface area contributed by atoms with Crippen LogP contribution in [-0.2, 0) is 16.6 Å². The molecule has 0 aliphatic heterocycles. The first-order valence-corrected chi connectivity index (χ1v) is 10.8. The van der Waals surface area contributed by atoms with Crippen molar-refractivity contribution in [3.8, 4) is 5.75 Å². The minimum absolute atomic E-state index is 0.0861. The van der Waals surface area contributed by atoms with E-state index in [-0.39, 0.29) is 28.8 Å². The Morgan fingerprint density at radius 3 is 2.75 bits per heavy atom. The van der Waals surface area contributed by atoms with Gasteiger partial charge in [-0.25, -0.2) is 13.1 Å². The van der Waals surface area contributed by atoms with Crippen LogP contribution >= 0.6 is 12.2 Å². The summed E-state index contributed by atoms with van der Waals surface area (Å²) in [5, 5.41) is 9.67.